The molecule has 0 aliphatic heterocycles. The first-order valence-corrected chi connectivity index (χ1v) is 11.0. The van der Waals surface area contributed by atoms with Crippen molar-refractivity contribution in [1.82, 2.24) is 4.90 Å². The van der Waals surface area contributed by atoms with Gasteiger partial charge < -0.3 is 9.64 Å². The Bertz CT molecular complexity index is 849. The van der Waals surface area contributed by atoms with E-state index in [-0.39, 0.29) is 30.5 Å². The number of halogens is 1. The second-order valence-electron chi connectivity index (χ2n) is 8.48. The fraction of sp³-hybridized carbons (Fsp3) is 0.619. The number of fused-ring (bicyclic) bond motifs is 1. The zero-order valence-corrected chi connectivity index (χ0v) is 19.2. The number of aliphatic imine (C=N–C) groups is 1. The molecule has 0 saturated carbocycles. The molecule has 1 unspecified atom stereocenters. The molecule has 29 heavy (non-hydrogen) atoms. The third kappa shape index (κ3) is 5.37. The number of aryl methyl sites for hydroxylation is 1. The van der Waals surface area contributed by atoms with E-state index in [1.165, 1.54) is 11.3 Å². The van der Waals surface area contributed by atoms with Crippen LogP contribution in [0.15, 0.2) is 4.99 Å². The number of hydrogen-bond acceptors (Lipinski definition) is 6. The van der Waals surface area contributed by atoms with Gasteiger partial charge >= 0.3 is 5.97 Å². The lowest BCUT2D eigenvalue weighted by Crippen LogP contribution is -2.41. The number of hydrogen-bond donors (Lipinski definition) is 0. The second-order valence-corrected chi connectivity index (χ2v) is 9.83. The molecule has 0 N–H and O–H groups in total. The molecule has 1 aliphatic carbocycles. The largest absolute Gasteiger partial charge is 0.460 e. The highest BCUT2D eigenvalue weighted by Crippen LogP contribution is 2.50. The molecule has 1 aromatic heterocycles. The third-order valence-corrected chi connectivity index (χ3v) is 6.20. The first kappa shape index (κ1) is 23.4. The molecule has 158 valence electrons. The first-order valence-electron chi connectivity index (χ1n) is 9.62. The summed E-state index contributed by atoms with van der Waals surface area (Å²) in [6.07, 6.45) is 4.17. The molecule has 1 aromatic rings. The van der Waals surface area contributed by atoms with Gasteiger partial charge in [0.05, 0.1) is 23.2 Å². The van der Waals surface area contributed by atoms with E-state index < -0.39 is 11.0 Å². The van der Waals surface area contributed by atoms with Crippen molar-refractivity contribution in [3.05, 3.63) is 16.0 Å². The van der Waals surface area contributed by atoms with Gasteiger partial charge in [-0.25, -0.2) is 4.99 Å². The molecule has 2 rings (SSSR count). The highest BCUT2D eigenvalue weighted by atomic mass is 35.5. The molecule has 0 aromatic carbocycles. The lowest BCUT2D eigenvalue weighted by Gasteiger charge is -2.36. The fourth-order valence-electron chi connectivity index (χ4n) is 3.69. The van der Waals surface area contributed by atoms with Crippen LogP contribution < -0.4 is 0 Å². The van der Waals surface area contributed by atoms with E-state index in [0.717, 1.165) is 23.3 Å². The van der Waals surface area contributed by atoms with Crippen LogP contribution in [0.2, 0.25) is 0 Å². The standard InChI is InChI=1S/C21H28ClN3O3S/c1-20(2,3)28-17(27)8-10-21(16(26)11-22)9-6-7-15-18(21)14(12-23)19(29-15)24-13-25(4)5/h13H,6-11H2,1-5H3/b24-13+. The quantitative estimate of drug-likeness (QED) is 0.274. The number of rotatable bonds is 7. The maximum atomic E-state index is 13.1. The van der Waals surface area contributed by atoms with Crippen molar-refractivity contribution >= 4 is 46.0 Å². The number of carbonyl (C=O) groups is 2. The van der Waals surface area contributed by atoms with Crippen molar-refractivity contribution in [2.45, 2.75) is 63.9 Å². The number of Topliss-reactive ketones (excluding diaryl/α,β-unsaturated/α-hetero) is 1. The van der Waals surface area contributed by atoms with Gasteiger partial charge in [-0.2, -0.15) is 5.26 Å². The second kappa shape index (κ2) is 9.27. The molecule has 0 spiro atoms. The Balaban J connectivity index is 2.49. The van der Waals surface area contributed by atoms with Gasteiger partial charge in [-0.1, -0.05) is 0 Å². The van der Waals surface area contributed by atoms with Crippen molar-refractivity contribution in [2.24, 2.45) is 4.99 Å². The zero-order chi connectivity index (χ0) is 21.8. The van der Waals surface area contributed by atoms with Crippen LogP contribution in [-0.2, 0) is 26.2 Å². The topological polar surface area (TPSA) is 82.8 Å². The van der Waals surface area contributed by atoms with Crippen LogP contribution in [0.25, 0.3) is 0 Å². The summed E-state index contributed by atoms with van der Waals surface area (Å²) in [7, 11) is 3.70. The summed E-state index contributed by atoms with van der Waals surface area (Å²) in [6.45, 7) is 5.43. The number of nitrogens with zero attached hydrogens (tertiary/aromatic N) is 3. The van der Waals surface area contributed by atoms with E-state index in [1.54, 1.807) is 11.2 Å². The summed E-state index contributed by atoms with van der Waals surface area (Å²) in [5.41, 5.74) is -0.395. The third-order valence-electron chi connectivity index (χ3n) is 4.80. The van der Waals surface area contributed by atoms with Crippen LogP contribution in [0, 0.1) is 11.3 Å². The van der Waals surface area contributed by atoms with Crippen molar-refractivity contribution in [3.63, 3.8) is 0 Å². The van der Waals surface area contributed by atoms with Crippen LogP contribution in [0.1, 0.15) is 62.5 Å². The van der Waals surface area contributed by atoms with E-state index in [2.05, 4.69) is 11.1 Å². The van der Waals surface area contributed by atoms with E-state index in [9.17, 15) is 14.9 Å². The molecule has 0 bridgehead atoms. The summed E-state index contributed by atoms with van der Waals surface area (Å²) >= 11 is 7.43. The average Bonchev–Trinajstić information content (AvgIpc) is 3.01. The Kier molecular flexibility index (Phi) is 7.47. The number of nitriles is 1. The number of thiophene rings is 1. The number of alkyl halides is 1. The minimum atomic E-state index is -0.945. The van der Waals surface area contributed by atoms with Gasteiger partial charge in [0.15, 0.2) is 5.78 Å². The average molecular weight is 438 g/mol. The fourth-order valence-corrected chi connectivity index (χ4v) is 5.17. The zero-order valence-electron chi connectivity index (χ0n) is 17.7. The van der Waals surface area contributed by atoms with Gasteiger partial charge in [0.25, 0.3) is 0 Å². The summed E-state index contributed by atoms with van der Waals surface area (Å²) in [5, 5.41) is 10.5. The molecule has 0 fully saturated rings. The summed E-state index contributed by atoms with van der Waals surface area (Å²) in [5.74, 6) is -0.669. The summed E-state index contributed by atoms with van der Waals surface area (Å²) in [6, 6.07) is 2.25. The molecule has 0 amide bonds. The number of ketones is 1. The van der Waals surface area contributed by atoms with Gasteiger partial charge in [0.1, 0.15) is 16.7 Å². The minimum absolute atomic E-state index is 0.0936. The van der Waals surface area contributed by atoms with E-state index in [1.807, 2.05) is 34.9 Å². The number of carbonyl (C=O) groups excluding carboxylic acids is 2. The molecule has 1 heterocycles. The van der Waals surface area contributed by atoms with Crippen LogP contribution in [0.5, 0.6) is 0 Å². The molecular weight excluding hydrogens is 410 g/mol. The lowest BCUT2D eigenvalue weighted by molar-refractivity contribution is -0.155. The molecule has 0 saturated heterocycles. The number of ether oxygens (including phenoxy) is 1. The van der Waals surface area contributed by atoms with Crippen molar-refractivity contribution in [2.75, 3.05) is 20.0 Å². The maximum Gasteiger partial charge on any atom is 0.306 e. The van der Waals surface area contributed by atoms with E-state index in [0.29, 0.717) is 17.0 Å². The Labute approximate surface area is 181 Å². The van der Waals surface area contributed by atoms with Gasteiger partial charge in [-0.05, 0) is 52.0 Å². The SMILES string of the molecule is CN(C)/C=N/c1sc2c(c1C#N)C(CCC(=O)OC(C)(C)C)(C(=O)CCl)CCC2. The molecule has 1 aliphatic rings. The van der Waals surface area contributed by atoms with Crippen molar-refractivity contribution < 1.29 is 14.3 Å². The van der Waals surface area contributed by atoms with Crippen molar-refractivity contribution in [3.8, 4) is 6.07 Å². The predicted octanol–water partition coefficient (Wildman–Crippen LogP) is 4.35. The van der Waals surface area contributed by atoms with E-state index >= 15 is 0 Å². The minimum Gasteiger partial charge on any atom is -0.460 e. The monoisotopic (exact) mass is 437 g/mol. The van der Waals surface area contributed by atoms with Gasteiger partial charge in [-0.15, -0.1) is 22.9 Å². The Morgan fingerprint density at radius 2 is 2.10 bits per heavy atom. The summed E-state index contributed by atoms with van der Waals surface area (Å²) in [4.78, 5) is 32.6. The van der Waals surface area contributed by atoms with Crippen LogP contribution in [-0.4, -0.2) is 48.6 Å². The van der Waals surface area contributed by atoms with Gasteiger partial charge in [0.2, 0.25) is 0 Å². The smallest absolute Gasteiger partial charge is 0.306 e. The summed E-state index contributed by atoms with van der Waals surface area (Å²) < 4.78 is 5.43. The highest BCUT2D eigenvalue weighted by Gasteiger charge is 2.46. The predicted molar refractivity (Wildman–Crippen MR) is 116 cm³/mol. The molecule has 1 atom stereocenters. The van der Waals surface area contributed by atoms with Gasteiger partial charge in [-0.3, -0.25) is 9.59 Å². The van der Waals surface area contributed by atoms with Gasteiger partial charge in [0, 0.05) is 25.4 Å². The lowest BCUT2D eigenvalue weighted by atomic mass is 9.66. The highest BCUT2D eigenvalue weighted by molar-refractivity contribution is 7.16. The Morgan fingerprint density at radius 1 is 1.41 bits per heavy atom. The molecule has 6 nitrogen and oxygen atoms in total. The first-order chi connectivity index (χ1) is 13.5. The van der Waals surface area contributed by atoms with Crippen LogP contribution in [0.3, 0.4) is 0 Å². The Morgan fingerprint density at radius 3 is 2.66 bits per heavy atom. The van der Waals surface area contributed by atoms with Crippen LogP contribution in [0.4, 0.5) is 5.00 Å². The maximum absolute atomic E-state index is 13.1. The number of esters is 1. The molecule has 8 heteroatoms. The normalized spacial score (nSPS) is 18.9. The Hall–Kier alpha value is -1.91. The van der Waals surface area contributed by atoms with E-state index in [4.69, 9.17) is 16.3 Å². The van der Waals surface area contributed by atoms with Crippen LogP contribution >= 0.6 is 22.9 Å². The molecule has 0 radical (unpaired) electrons. The molecular formula is C21H28ClN3O3S. The van der Waals surface area contributed by atoms with Crippen molar-refractivity contribution in [1.29, 1.82) is 5.26 Å².